The van der Waals surface area contributed by atoms with Gasteiger partial charge in [0.15, 0.2) is 0 Å². The summed E-state index contributed by atoms with van der Waals surface area (Å²) in [5.41, 5.74) is 5.12. The van der Waals surface area contributed by atoms with E-state index in [9.17, 15) is 4.79 Å². The van der Waals surface area contributed by atoms with Crippen molar-refractivity contribution in [2.75, 3.05) is 20.1 Å². The van der Waals surface area contributed by atoms with Crippen molar-refractivity contribution in [1.29, 1.82) is 0 Å². The van der Waals surface area contributed by atoms with Gasteiger partial charge in [0.1, 0.15) is 0 Å². The minimum absolute atomic E-state index is 0.224. The van der Waals surface area contributed by atoms with Crippen LogP contribution in [0.2, 0.25) is 0 Å². The molecule has 2 N–H and O–H groups in total. The van der Waals surface area contributed by atoms with E-state index in [2.05, 4.69) is 0 Å². The van der Waals surface area contributed by atoms with Gasteiger partial charge < -0.3 is 5.73 Å². The average molecular weight is 184 g/mol. The maximum atomic E-state index is 10.6. The van der Waals surface area contributed by atoms with Crippen LogP contribution in [0.1, 0.15) is 32.1 Å². The zero-order valence-electron chi connectivity index (χ0n) is 8.46. The number of rotatable bonds is 4. The maximum absolute atomic E-state index is 10.6. The number of likely N-dealkylation sites (N-methyl/N-ethyl adjacent to an activating group) is 1. The minimum atomic E-state index is -0.224. The fourth-order valence-corrected chi connectivity index (χ4v) is 2.14. The molecule has 0 bridgehead atoms. The second-order valence-electron chi connectivity index (χ2n) is 4.17. The van der Waals surface area contributed by atoms with Crippen molar-refractivity contribution in [2.45, 2.75) is 32.1 Å². The first-order valence-corrected chi connectivity index (χ1v) is 5.15. The summed E-state index contributed by atoms with van der Waals surface area (Å²) in [7, 11) is 1.97. The highest BCUT2D eigenvalue weighted by molar-refractivity contribution is 5.75. The molecule has 0 spiro atoms. The van der Waals surface area contributed by atoms with E-state index in [-0.39, 0.29) is 5.91 Å². The molecule has 1 amide bonds. The molecule has 1 fully saturated rings. The van der Waals surface area contributed by atoms with Gasteiger partial charge in [-0.2, -0.15) is 0 Å². The van der Waals surface area contributed by atoms with Crippen molar-refractivity contribution in [3.05, 3.63) is 0 Å². The highest BCUT2D eigenvalue weighted by Gasteiger charge is 2.15. The Morgan fingerprint density at radius 2 is 2.00 bits per heavy atom. The topological polar surface area (TPSA) is 46.3 Å². The van der Waals surface area contributed by atoms with Crippen LogP contribution in [0, 0.1) is 5.92 Å². The molecular weight excluding hydrogens is 164 g/mol. The lowest BCUT2D eigenvalue weighted by Gasteiger charge is -2.26. The molecule has 0 heterocycles. The van der Waals surface area contributed by atoms with Crippen molar-refractivity contribution >= 4 is 5.91 Å². The van der Waals surface area contributed by atoms with E-state index in [0.29, 0.717) is 6.54 Å². The van der Waals surface area contributed by atoms with Crippen LogP contribution in [0.5, 0.6) is 0 Å². The molecule has 1 saturated carbocycles. The molecule has 1 aliphatic carbocycles. The molecule has 0 aromatic carbocycles. The molecule has 0 aromatic heterocycles. The van der Waals surface area contributed by atoms with Crippen molar-refractivity contribution in [3.8, 4) is 0 Å². The van der Waals surface area contributed by atoms with Crippen LogP contribution in [0.4, 0.5) is 0 Å². The summed E-state index contributed by atoms with van der Waals surface area (Å²) in [5.74, 6) is 0.566. The lowest BCUT2D eigenvalue weighted by molar-refractivity contribution is -0.119. The van der Waals surface area contributed by atoms with Gasteiger partial charge in [-0.3, -0.25) is 9.69 Å². The van der Waals surface area contributed by atoms with Gasteiger partial charge in [-0.25, -0.2) is 0 Å². The molecule has 3 nitrogen and oxygen atoms in total. The summed E-state index contributed by atoms with van der Waals surface area (Å²) in [6, 6.07) is 0. The van der Waals surface area contributed by atoms with Crippen LogP contribution in [-0.4, -0.2) is 30.9 Å². The van der Waals surface area contributed by atoms with E-state index >= 15 is 0 Å². The van der Waals surface area contributed by atoms with Gasteiger partial charge in [0.25, 0.3) is 0 Å². The largest absolute Gasteiger partial charge is 0.369 e. The van der Waals surface area contributed by atoms with Crippen molar-refractivity contribution < 1.29 is 4.79 Å². The number of nitrogens with zero attached hydrogens (tertiary/aromatic N) is 1. The lowest BCUT2D eigenvalue weighted by atomic mass is 9.89. The molecule has 0 aromatic rings. The molecule has 0 unspecified atom stereocenters. The average Bonchev–Trinajstić information content (AvgIpc) is 2.04. The number of hydrogen-bond donors (Lipinski definition) is 1. The van der Waals surface area contributed by atoms with Crippen LogP contribution < -0.4 is 5.73 Å². The number of carbonyl (C=O) groups is 1. The summed E-state index contributed by atoms with van der Waals surface area (Å²) in [6.45, 7) is 1.43. The summed E-state index contributed by atoms with van der Waals surface area (Å²) in [4.78, 5) is 12.7. The molecule has 0 atom stereocenters. The molecule has 0 saturated heterocycles. The molecule has 13 heavy (non-hydrogen) atoms. The maximum Gasteiger partial charge on any atom is 0.231 e. The number of amides is 1. The Hall–Kier alpha value is -0.570. The molecule has 3 heteroatoms. The zero-order chi connectivity index (χ0) is 9.68. The number of carbonyl (C=O) groups excluding carboxylic acids is 1. The first-order valence-electron chi connectivity index (χ1n) is 5.15. The normalized spacial score (nSPS) is 19.2. The van der Waals surface area contributed by atoms with E-state index in [0.717, 1.165) is 12.5 Å². The predicted octanol–water partition coefficient (Wildman–Crippen LogP) is 0.984. The smallest absolute Gasteiger partial charge is 0.231 e. The Kier molecular flexibility index (Phi) is 4.22. The second kappa shape index (κ2) is 5.22. The van der Waals surface area contributed by atoms with Crippen molar-refractivity contribution in [3.63, 3.8) is 0 Å². The highest BCUT2D eigenvalue weighted by atomic mass is 16.1. The van der Waals surface area contributed by atoms with Gasteiger partial charge in [-0.05, 0) is 25.8 Å². The summed E-state index contributed by atoms with van der Waals surface area (Å²) < 4.78 is 0. The van der Waals surface area contributed by atoms with E-state index < -0.39 is 0 Å². The Morgan fingerprint density at radius 1 is 1.38 bits per heavy atom. The molecule has 76 valence electrons. The zero-order valence-corrected chi connectivity index (χ0v) is 8.46. The van der Waals surface area contributed by atoms with E-state index in [1.165, 1.54) is 32.1 Å². The standard InChI is InChI=1S/C10H20N2O/c1-12(8-10(11)13)7-9-5-3-2-4-6-9/h9H,2-8H2,1H3,(H2,11,13). The van der Waals surface area contributed by atoms with E-state index in [1.807, 2.05) is 11.9 Å². The second-order valence-corrected chi connectivity index (χ2v) is 4.17. The van der Waals surface area contributed by atoms with Gasteiger partial charge in [-0.1, -0.05) is 19.3 Å². The Bertz CT molecular complexity index is 164. The van der Waals surface area contributed by atoms with Crippen LogP contribution in [0.3, 0.4) is 0 Å². The summed E-state index contributed by atoms with van der Waals surface area (Å²) in [6.07, 6.45) is 6.74. The van der Waals surface area contributed by atoms with Gasteiger partial charge >= 0.3 is 0 Å². The molecular formula is C10H20N2O. The number of hydrogen-bond acceptors (Lipinski definition) is 2. The Morgan fingerprint density at radius 3 is 2.54 bits per heavy atom. The number of primary amides is 1. The van der Waals surface area contributed by atoms with Gasteiger partial charge in [-0.15, -0.1) is 0 Å². The third kappa shape index (κ3) is 4.27. The van der Waals surface area contributed by atoms with E-state index in [4.69, 9.17) is 5.73 Å². The SMILES string of the molecule is CN(CC(N)=O)CC1CCCCC1. The molecule has 0 aliphatic heterocycles. The van der Waals surface area contributed by atoms with Crippen LogP contribution >= 0.6 is 0 Å². The fraction of sp³-hybridized carbons (Fsp3) is 0.900. The third-order valence-corrected chi connectivity index (χ3v) is 2.72. The lowest BCUT2D eigenvalue weighted by Crippen LogP contribution is -2.34. The van der Waals surface area contributed by atoms with E-state index in [1.54, 1.807) is 0 Å². The van der Waals surface area contributed by atoms with Crippen LogP contribution in [0.15, 0.2) is 0 Å². The Balaban J connectivity index is 2.18. The van der Waals surface area contributed by atoms with Crippen LogP contribution in [-0.2, 0) is 4.79 Å². The van der Waals surface area contributed by atoms with Crippen LogP contribution in [0.25, 0.3) is 0 Å². The monoisotopic (exact) mass is 184 g/mol. The molecule has 0 radical (unpaired) electrons. The minimum Gasteiger partial charge on any atom is -0.369 e. The molecule has 1 aliphatic rings. The first-order chi connectivity index (χ1) is 6.18. The molecule has 1 rings (SSSR count). The summed E-state index contributed by atoms with van der Waals surface area (Å²) in [5, 5.41) is 0. The predicted molar refractivity (Wildman–Crippen MR) is 53.3 cm³/mol. The summed E-state index contributed by atoms with van der Waals surface area (Å²) >= 11 is 0. The Labute approximate surface area is 80.3 Å². The first kappa shape index (κ1) is 10.5. The van der Waals surface area contributed by atoms with Gasteiger partial charge in [0, 0.05) is 6.54 Å². The highest BCUT2D eigenvalue weighted by Crippen LogP contribution is 2.23. The third-order valence-electron chi connectivity index (χ3n) is 2.72. The van der Waals surface area contributed by atoms with Crippen molar-refractivity contribution in [2.24, 2.45) is 11.7 Å². The van der Waals surface area contributed by atoms with Gasteiger partial charge in [0.2, 0.25) is 5.91 Å². The quantitative estimate of drug-likeness (QED) is 0.708. The van der Waals surface area contributed by atoms with Crippen molar-refractivity contribution in [1.82, 2.24) is 4.90 Å². The number of nitrogens with two attached hydrogens (primary N) is 1. The van der Waals surface area contributed by atoms with Gasteiger partial charge in [0.05, 0.1) is 6.54 Å². The fourth-order valence-electron chi connectivity index (χ4n) is 2.14.